The van der Waals surface area contributed by atoms with Gasteiger partial charge < -0.3 is 4.42 Å². The molecule has 3 heterocycles. The Morgan fingerprint density at radius 2 is 2.08 bits per heavy atom. The predicted molar refractivity (Wildman–Crippen MR) is 102 cm³/mol. The number of carbonyl (C=O) groups is 1. The zero-order valence-corrected chi connectivity index (χ0v) is 15.5. The average Bonchev–Trinajstić information content (AvgIpc) is 3.34. The van der Waals surface area contributed by atoms with Crippen LogP contribution >= 0.6 is 34.4 Å². The number of rotatable bonds is 5. The number of benzene rings is 1. The first-order chi connectivity index (χ1) is 12.2. The lowest BCUT2D eigenvalue weighted by Gasteiger charge is -1.96. The van der Waals surface area contributed by atoms with E-state index >= 15 is 0 Å². The first-order valence-corrected chi connectivity index (χ1v) is 10.1. The quantitative estimate of drug-likeness (QED) is 0.392. The highest BCUT2D eigenvalue weighted by molar-refractivity contribution is 8.01. The second-order valence-corrected chi connectivity index (χ2v) is 8.43. The highest BCUT2D eigenvalue weighted by Crippen LogP contribution is 2.31. The Morgan fingerprint density at radius 3 is 2.92 bits per heavy atom. The number of nitrogens with zero attached hydrogens (tertiary/aromatic N) is 3. The van der Waals surface area contributed by atoms with Gasteiger partial charge in [0.25, 0.3) is 5.91 Å². The summed E-state index contributed by atoms with van der Waals surface area (Å²) in [4.78, 5) is 16.8. The Bertz CT molecular complexity index is 1000. The molecular weight excluding hydrogens is 376 g/mol. The number of hydrogen-bond acceptors (Lipinski definition) is 8. The van der Waals surface area contributed by atoms with E-state index in [1.54, 1.807) is 23.9 Å². The molecule has 0 aliphatic heterocycles. The number of aromatic nitrogens is 3. The second kappa shape index (κ2) is 6.95. The van der Waals surface area contributed by atoms with Crippen molar-refractivity contribution < 1.29 is 9.21 Å². The van der Waals surface area contributed by atoms with Crippen molar-refractivity contribution in [2.45, 2.75) is 11.3 Å². The SMILES string of the molecule is CCSc1nnc(NC(=O)c2ccc(-c3nc4ccccc4s3)o2)s1. The van der Waals surface area contributed by atoms with Crippen molar-refractivity contribution in [3.8, 4) is 10.8 Å². The van der Waals surface area contributed by atoms with Crippen molar-refractivity contribution in [3.63, 3.8) is 0 Å². The molecule has 126 valence electrons. The maximum atomic E-state index is 12.3. The van der Waals surface area contributed by atoms with E-state index in [9.17, 15) is 4.79 Å². The normalized spacial score (nSPS) is 11.1. The topological polar surface area (TPSA) is 80.9 Å². The van der Waals surface area contributed by atoms with Gasteiger partial charge in [0.05, 0.1) is 10.2 Å². The van der Waals surface area contributed by atoms with Crippen molar-refractivity contribution in [1.29, 1.82) is 0 Å². The number of fused-ring (bicyclic) bond motifs is 1. The summed E-state index contributed by atoms with van der Waals surface area (Å²) in [5.74, 6) is 1.35. The van der Waals surface area contributed by atoms with Gasteiger partial charge in [-0.05, 0) is 30.0 Å². The Balaban J connectivity index is 1.52. The highest BCUT2D eigenvalue weighted by Gasteiger charge is 2.16. The second-order valence-electron chi connectivity index (χ2n) is 4.91. The molecule has 4 rings (SSSR count). The van der Waals surface area contributed by atoms with Crippen LogP contribution in [0.15, 0.2) is 45.2 Å². The lowest BCUT2D eigenvalue weighted by atomic mass is 10.3. The molecule has 3 aromatic heterocycles. The van der Waals surface area contributed by atoms with Crippen LogP contribution in [0.1, 0.15) is 17.5 Å². The first-order valence-electron chi connectivity index (χ1n) is 7.46. The van der Waals surface area contributed by atoms with E-state index in [-0.39, 0.29) is 11.7 Å². The zero-order valence-electron chi connectivity index (χ0n) is 13.1. The van der Waals surface area contributed by atoms with Gasteiger partial charge in [0.1, 0.15) is 0 Å². The van der Waals surface area contributed by atoms with Gasteiger partial charge in [-0.1, -0.05) is 42.2 Å². The van der Waals surface area contributed by atoms with E-state index in [2.05, 4.69) is 20.5 Å². The standard InChI is InChI=1S/C16H12N4O2S3/c1-2-23-16-20-19-15(25-16)18-13(21)10-7-8-11(22-10)14-17-9-5-3-4-6-12(9)24-14/h3-8H,2H2,1H3,(H,18,19,21). The van der Waals surface area contributed by atoms with Crippen LogP contribution in [-0.2, 0) is 0 Å². The summed E-state index contributed by atoms with van der Waals surface area (Å²) >= 11 is 4.46. The molecular formula is C16H12N4O2S3. The van der Waals surface area contributed by atoms with Crippen LogP contribution in [0.25, 0.3) is 21.0 Å². The number of carbonyl (C=O) groups excluding carboxylic acids is 1. The molecule has 0 atom stereocenters. The fourth-order valence-electron chi connectivity index (χ4n) is 2.15. The molecule has 25 heavy (non-hydrogen) atoms. The van der Waals surface area contributed by atoms with Gasteiger partial charge in [-0.15, -0.1) is 21.5 Å². The van der Waals surface area contributed by atoms with Crippen molar-refractivity contribution in [2.24, 2.45) is 0 Å². The summed E-state index contributed by atoms with van der Waals surface area (Å²) in [6.45, 7) is 2.04. The van der Waals surface area contributed by atoms with E-state index in [0.717, 1.165) is 25.3 Å². The lowest BCUT2D eigenvalue weighted by molar-refractivity contribution is 0.0997. The molecule has 0 spiro atoms. The highest BCUT2D eigenvalue weighted by atomic mass is 32.2. The number of nitrogens with one attached hydrogen (secondary N) is 1. The molecule has 4 aromatic rings. The van der Waals surface area contributed by atoms with Crippen molar-refractivity contribution >= 4 is 55.7 Å². The molecule has 1 aromatic carbocycles. The summed E-state index contributed by atoms with van der Waals surface area (Å²) in [5, 5.41) is 11.9. The van der Waals surface area contributed by atoms with Crippen LogP contribution < -0.4 is 5.32 Å². The minimum absolute atomic E-state index is 0.217. The number of para-hydroxylation sites is 1. The maximum absolute atomic E-state index is 12.3. The summed E-state index contributed by atoms with van der Waals surface area (Å²) in [5.41, 5.74) is 0.916. The van der Waals surface area contributed by atoms with Crippen LogP contribution in [0.3, 0.4) is 0 Å². The number of furan rings is 1. The number of thioether (sulfide) groups is 1. The Labute approximate surface area is 155 Å². The Morgan fingerprint density at radius 1 is 1.20 bits per heavy atom. The lowest BCUT2D eigenvalue weighted by Crippen LogP contribution is -2.10. The van der Waals surface area contributed by atoms with Crippen LogP contribution in [-0.4, -0.2) is 26.8 Å². The van der Waals surface area contributed by atoms with Gasteiger partial charge in [-0.3, -0.25) is 10.1 Å². The monoisotopic (exact) mass is 388 g/mol. The predicted octanol–water partition coefficient (Wildman–Crippen LogP) is 4.77. The smallest absolute Gasteiger partial charge is 0.293 e. The van der Waals surface area contributed by atoms with Crippen molar-refractivity contribution in [1.82, 2.24) is 15.2 Å². The molecule has 1 amide bonds. The third-order valence-electron chi connectivity index (χ3n) is 3.23. The molecule has 0 saturated carbocycles. The van der Waals surface area contributed by atoms with Gasteiger partial charge in [-0.2, -0.15) is 0 Å². The third-order valence-corrected chi connectivity index (χ3v) is 6.13. The number of hydrogen-bond donors (Lipinski definition) is 1. The minimum atomic E-state index is -0.350. The van der Waals surface area contributed by atoms with Gasteiger partial charge >= 0.3 is 0 Å². The molecule has 0 saturated heterocycles. The van der Waals surface area contributed by atoms with Crippen LogP contribution in [0, 0.1) is 0 Å². The van der Waals surface area contributed by atoms with Gasteiger partial charge in [0.15, 0.2) is 20.9 Å². The summed E-state index contributed by atoms with van der Waals surface area (Å²) < 4.78 is 7.58. The van der Waals surface area contributed by atoms with E-state index in [0.29, 0.717) is 10.9 Å². The number of amides is 1. The molecule has 9 heteroatoms. The molecule has 0 bridgehead atoms. The Kier molecular flexibility index (Phi) is 4.51. The van der Waals surface area contributed by atoms with E-state index in [4.69, 9.17) is 4.42 Å². The number of thiazole rings is 1. The zero-order chi connectivity index (χ0) is 17.2. The molecule has 0 radical (unpaired) electrons. The summed E-state index contributed by atoms with van der Waals surface area (Å²) in [6, 6.07) is 11.3. The van der Waals surface area contributed by atoms with Crippen molar-refractivity contribution in [3.05, 3.63) is 42.2 Å². The molecule has 0 aliphatic carbocycles. The largest absolute Gasteiger partial charge is 0.448 e. The first kappa shape index (κ1) is 16.2. The fourth-order valence-corrected chi connectivity index (χ4v) is 4.72. The summed E-state index contributed by atoms with van der Waals surface area (Å²) in [7, 11) is 0. The van der Waals surface area contributed by atoms with E-state index in [1.165, 1.54) is 22.7 Å². The van der Waals surface area contributed by atoms with Crippen LogP contribution in [0.4, 0.5) is 5.13 Å². The van der Waals surface area contributed by atoms with Crippen LogP contribution in [0.5, 0.6) is 0 Å². The molecule has 0 unspecified atom stereocenters. The molecule has 6 nitrogen and oxygen atoms in total. The average molecular weight is 388 g/mol. The van der Waals surface area contributed by atoms with Gasteiger partial charge in [0, 0.05) is 0 Å². The molecule has 0 fully saturated rings. The Hall–Kier alpha value is -2.23. The number of anilines is 1. The minimum Gasteiger partial charge on any atom is -0.448 e. The maximum Gasteiger partial charge on any atom is 0.293 e. The van der Waals surface area contributed by atoms with E-state index in [1.807, 2.05) is 31.2 Å². The molecule has 0 aliphatic rings. The van der Waals surface area contributed by atoms with Gasteiger partial charge in [0.2, 0.25) is 5.13 Å². The van der Waals surface area contributed by atoms with Crippen LogP contribution in [0.2, 0.25) is 0 Å². The third kappa shape index (κ3) is 3.44. The van der Waals surface area contributed by atoms with Gasteiger partial charge in [-0.25, -0.2) is 4.98 Å². The van der Waals surface area contributed by atoms with Crippen molar-refractivity contribution in [2.75, 3.05) is 11.1 Å². The van der Waals surface area contributed by atoms with E-state index < -0.39 is 0 Å². The summed E-state index contributed by atoms with van der Waals surface area (Å²) in [6.07, 6.45) is 0. The fraction of sp³-hybridized carbons (Fsp3) is 0.125. The molecule has 1 N–H and O–H groups in total.